The van der Waals surface area contributed by atoms with Crippen LogP contribution < -0.4 is 16.2 Å². The number of nitrogens with one attached hydrogen (secondary N) is 2. The van der Waals surface area contributed by atoms with Gasteiger partial charge in [-0.25, -0.2) is 4.39 Å². The second-order valence-electron chi connectivity index (χ2n) is 9.69. The van der Waals surface area contributed by atoms with Crippen molar-refractivity contribution in [2.45, 2.75) is 18.9 Å². The summed E-state index contributed by atoms with van der Waals surface area (Å²) in [4.78, 5) is 53.3. The van der Waals surface area contributed by atoms with E-state index >= 15 is 0 Å². The highest BCUT2D eigenvalue weighted by Crippen LogP contribution is 2.49. The van der Waals surface area contributed by atoms with Crippen molar-refractivity contribution in [1.82, 2.24) is 9.47 Å². The van der Waals surface area contributed by atoms with Crippen molar-refractivity contribution in [1.29, 1.82) is 0 Å². The molecule has 1 aliphatic heterocycles. The maximum atomic E-state index is 15.0. The molecule has 0 spiro atoms. The Balaban J connectivity index is 1.34. The molecule has 1 aliphatic carbocycles. The van der Waals surface area contributed by atoms with Gasteiger partial charge in [0, 0.05) is 42.1 Å². The van der Waals surface area contributed by atoms with E-state index in [9.17, 15) is 28.7 Å². The molecule has 9 nitrogen and oxygen atoms in total. The lowest BCUT2D eigenvalue weighted by molar-refractivity contribution is -0.136. The van der Waals surface area contributed by atoms with Gasteiger partial charge in [-0.15, -0.1) is 0 Å². The number of carbonyl (C=O) groups excluding carboxylic acids is 3. The molecular weight excluding hydrogens is 527 g/mol. The van der Waals surface area contributed by atoms with E-state index in [1.165, 1.54) is 29.0 Å². The van der Waals surface area contributed by atoms with Crippen molar-refractivity contribution in [3.05, 3.63) is 88.1 Å². The number of piperidine rings is 1. The van der Waals surface area contributed by atoms with Gasteiger partial charge < -0.3 is 20.6 Å². The number of halogens is 2. The number of pyridine rings is 1. The summed E-state index contributed by atoms with van der Waals surface area (Å²) in [6.07, 6.45) is 1.84. The van der Waals surface area contributed by atoms with Crippen LogP contribution in [-0.4, -0.2) is 51.5 Å². The van der Waals surface area contributed by atoms with Gasteiger partial charge in [0.25, 0.3) is 5.56 Å². The molecular formula is C28H26ClFN4O5. The number of benzene rings is 2. The zero-order valence-electron chi connectivity index (χ0n) is 20.7. The van der Waals surface area contributed by atoms with Gasteiger partial charge in [-0.05, 0) is 55.3 Å². The Labute approximate surface area is 228 Å². The summed E-state index contributed by atoms with van der Waals surface area (Å²) < 4.78 is 16.2. The summed E-state index contributed by atoms with van der Waals surface area (Å²) in [5.41, 5.74) is 0.264. The fraction of sp³-hybridized carbons (Fsp3) is 0.286. The minimum Gasteiger partial charge on any atom is -0.393 e. The van der Waals surface area contributed by atoms with Crippen LogP contribution in [0.4, 0.5) is 15.8 Å². The number of aliphatic hydroxyl groups is 1. The van der Waals surface area contributed by atoms with Crippen LogP contribution in [0.3, 0.4) is 0 Å². The van der Waals surface area contributed by atoms with Crippen molar-refractivity contribution in [2.24, 2.45) is 17.8 Å². The molecule has 1 aromatic heterocycles. The molecule has 39 heavy (non-hydrogen) atoms. The molecule has 1 saturated carbocycles. The molecule has 3 amide bonds. The monoisotopic (exact) mass is 552 g/mol. The van der Waals surface area contributed by atoms with E-state index in [0.717, 1.165) is 6.07 Å². The van der Waals surface area contributed by atoms with Gasteiger partial charge in [0.05, 0.1) is 35.2 Å². The van der Waals surface area contributed by atoms with Crippen molar-refractivity contribution in [3.63, 3.8) is 0 Å². The molecule has 11 heteroatoms. The average molecular weight is 553 g/mol. The van der Waals surface area contributed by atoms with E-state index in [1.54, 1.807) is 41.3 Å². The summed E-state index contributed by atoms with van der Waals surface area (Å²) in [5, 5.41) is 15.5. The first-order chi connectivity index (χ1) is 18.7. The van der Waals surface area contributed by atoms with E-state index in [0.29, 0.717) is 36.6 Å². The number of nitrogens with zero attached hydrogens (tertiary/aromatic N) is 2. The SMILES string of the molecule is O=C(Nc1ccc(Cl)cc1)C1C(C(=O)Nc2ccc(-n3ccccc3=O)cc2F)C1C(=O)N1CCC(O)CC1. The molecule has 0 radical (unpaired) electrons. The molecule has 3 unspecified atom stereocenters. The topological polar surface area (TPSA) is 121 Å². The quantitative estimate of drug-likeness (QED) is 0.434. The fourth-order valence-corrected chi connectivity index (χ4v) is 5.06. The number of hydrogen-bond donors (Lipinski definition) is 3. The average Bonchev–Trinajstić information content (AvgIpc) is 3.68. The predicted molar refractivity (Wildman–Crippen MR) is 143 cm³/mol. The second-order valence-corrected chi connectivity index (χ2v) is 10.1. The minimum atomic E-state index is -1.01. The molecule has 3 atom stereocenters. The van der Waals surface area contributed by atoms with Crippen LogP contribution in [-0.2, 0) is 14.4 Å². The lowest BCUT2D eigenvalue weighted by Crippen LogP contribution is -2.41. The first kappa shape index (κ1) is 26.6. The van der Waals surface area contributed by atoms with Gasteiger partial charge in [0.15, 0.2) is 0 Å². The number of aromatic nitrogens is 1. The maximum Gasteiger partial charge on any atom is 0.255 e. The standard InChI is InChI=1S/C28H26ClFN4O5/c29-16-4-6-17(7-5-16)31-26(37)23-24(25(23)28(39)33-13-10-19(35)11-14-33)27(38)32-21-9-8-18(15-20(21)30)34-12-2-1-3-22(34)36/h1-9,12,15,19,23-25,35H,10-11,13-14H2,(H,31,37)(H,32,38). The van der Waals surface area contributed by atoms with E-state index in [2.05, 4.69) is 10.6 Å². The van der Waals surface area contributed by atoms with Crippen molar-refractivity contribution < 1.29 is 23.9 Å². The number of likely N-dealkylation sites (tertiary alicyclic amines) is 1. The number of anilines is 2. The minimum absolute atomic E-state index is 0.135. The van der Waals surface area contributed by atoms with Gasteiger partial charge >= 0.3 is 0 Å². The molecule has 0 bridgehead atoms. The van der Waals surface area contributed by atoms with E-state index < -0.39 is 41.5 Å². The molecule has 3 N–H and O–H groups in total. The Morgan fingerprint density at radius 3 is 2.21 bits per heavy atom. The van der Waals surface area contributed by atoms with Crippen LogP contribution in [0.15, 0.2) is 71.7 Å². The van der Waals surface area contributed by atoms with Crippen LogP contribution >= 0.6 is 11.6 Å². The van der Waals surface area contributed by atoms with Crippen LogP contribution in [0, 0.1) is 23.6 Å². The largest absolute Gasteiger partial charge is 0.393 e. The normalized spacial score (nSPS) is 20.8. The van der Waals surface area contributed by atoms with Gasteiger partial charge in [0.2, 0.25) is 17.7 Å². The maximum absolute atomic E-state index is 15.0. The van der Waals surface area contributed by atoms with Crippen molar-refractivity contribution in [3.8, 4) is 5.69 Å². The highest BCUT2D eigenvalue weighted by molar-refractivity contribution is 6.30. The van der Waals surface area contributed by atoms with Crippen LogP contribution in [0.1, 0.15) is 12.8 Å². The molecule has 3 aromatic rings. The lowest BCUT2D eigenvalue weighted by Gasteiger charge is -2.29. The van der Waals surface area contributed by atoms with E-state index in [4.69, 9.17) is 11.6 Å². The number of rotatable bonds is 6. The Kier molecular flexibility index (Phi) is 7.49. The molecule has 2 heterocycles. The third-order valence-electron chi connectivity index (χ3n) is 7.11. The zero-order chi connectivity index (χ0) is 27.7. The molecule has 2 fully saturated rings. The number of carbonyl (C=O) groups is 3. The molecule has 2 aliphatic rings. The summed E-state index contributed by atoms with van der Waals surface area (Å²) >= 11 is 5.91. The lowest BCUT2D eigenvalue weighted by atomic mass is 10.1. The van der Waals surface area contributed by atoms with Gasteiger partial charge in [-0.3, -0.25) is 23.7 Å². The predicted octanol–water partition coefficient (Wildman–Crippen LogP) is 3.05. The van der Waals surface area contributed by atoms with E-state index in [1.807, 2.05) is 0 Å². The Morgan fingerprint density at radius 2 is 1.56 bits per heavy atom. The summed E-state index contributed by atoms with van der Waals surface area (Å²) in [6.45, 7) is 0.649. The van der Waals surface area contributed by atoms with Gasteiger partial charge in [-0.2, -0.15) is 0 Å². The zero-order valence-corrected chi connectivity index (χ0v) is 21.5. The van der Waals surface area contributed by atoms with E-state index in [-0.39, 0.29) is 22.8 Å². The number of hydrogen-bond acceptors (Lipinski definition) is 5. The smallest absolute Gasteiger partial charge is 0.255 e. The Hall–Kier alpha value is -4.02. The van der Waals surface area contributed by atoms with Crippen LogP contribution in [0.25, 0.3) is 5.69 Å². The Morgan fingerprint density at radius 1 is 0.897 bits per heavy atom. The Bertz CT molecular complexity index is 1470. The van der Waals surface area contributed by atoms with Gasteiger partial charge in [-0.1, -0.05) is 17.7 Å². The highest BCUT2D eigenvalue weighted by Gasteiger charge is 2.63. The fourth-order valence-electron chi connectivity index (χ4n) is 4.94. The molecule has 5 rings (SSSR count). The summed E-state index contributed by atoms with van der Waals surface area (Å²) in [5.74, 6) is -5.17. The second kappa shape index (κ2) is 11.0. The summed E-state index contributed by atoms with van der Waals surface area (Å²) in [7, 11) is 0. The molecule has 202 valence electrons. The molecule has 2 aromatic carbocycles. The van der Waals surface area contributed by atoms with Crippen LogP contribution in [0.5, 0.6) is 0 Å². The first-order valence-electron chi connectivity index (χ1n) is 12.5. The molecule has 1 saturated heterocycles. The van der Waals surface area contributed by atoms with Crippen LogP contribution in [0.2, 0.25) is 5.02 Å². The summed E-state index contributed by atoms with van der Waals surface area (Å²) in [6, 6.07) is 14.9. The first-order valence-corrected chi connectivity index (χ1v) is 12.9. The van der Waals surface area contributed by atoms with Crippen molar-refractivity contribution >= 4 is 40.7 Å². The number of aliphatic hydroxyl groups excluding tert-OH is 1. The van der Waals surface area contributed by atoms with Crippen molar-refractivity contribution in [2.75, 3.05) is 23.7 Å². The van der Waals surface area contributed by atoms with Gasteiger partial charge in [0.1, 0.15) is 5.82 Å². The highest BCUT2D eigenvalue weighted by atomic mass is 35.5. The number of amides is 3. The third kappa shape index (κ3) is 5.71. The third-order valence-corrected chi connectivity index (χ3v) is 7.36.